The highest BCUT2D eigenvalue weighted by atomic mass is 35.5. The molecule has 0 bridgehead atoms. The fourth-order valence-corrected chi connectivity index (χ4v) is 7.67. The number of nitrogens with zero attached hydrogens (tertiary/aromatic N) is 3. The molecule has 4 heterocycles. The first kappa shape index (κ1) is 36.6. The Hall–Kier alpha value is -4.78. The summed E-state index contributed by atoms with van der Waals surface area (Å²) in [6, 6.07) is 16.3. The fraction of sp³-hybridized carbons (Fsp3) is 0.425. The summed E-state index contributed by atoms with van der Waals surface area (Å²) in [6.45, 7) is 8.11. The van der Waals surface area contributed by atoms with Gasteiger partial charge in [-0.3, -0.25) is 14.5 Å². The standard InChI is InChI=1S/C40H44ClN3O9/c1-24(2)34-38(46)42(22-25-8-14-28(48-5)15-9-25)18-16-30-36-35(52-40(3,4)53-36)29-20-32-33(51-23-50-32)21-31(29)44(30)39(47)49-19-7-6-17-43(34)37(45)26-10-12-27(41)13-11-26/h6-15,20-21,24,30,34-36H,16-19,22-23H2,1-5H3/b7-6+/t30-,34-,35-,36-/m0/s1. The quantitative estimate of drug-likeness (QED) is 0.262. The second-order valence-corrected chi connectivity index (χ2v) is 14.8. The van der Waals surface area contributed by atoms with Crippen molar-refractivity contribution in [3.05, 3.63) is 94.5 Å². The molecule has 0 spiro atoms. The minimum Gasteiger partial charge on any atom is -0.497 e. The van der Waals surface area contributed by atoms with Gasteiger partial charge in [-0.25, -0.2) is 4.79 Å². The summed E-state index contributed by atoms with van der Waals surface area (Å²) in [6.07, 6.45) is 2.00. The summed E-state index contributed by atoms with van der Waals surface area (Å²) in [5.74, 6) is -0.00534. The van der Waals surface area contributed by atoms with Gasteiger partial charge < -0.3 is 38.2 Å². The lowest BCUT2D eigenvalue weighted by Crippen LogP contribution is -2.56. The van der Waals surface area contributed by atoms with Crippen LogP contribution >= 0.6 is 11.6 Å². The molecule has 4 atom stereocenters. The minimum absolute atomic E-state index is 0.0603. The van der Waals surface area contributed by atoms with Crippen molar-refractivity contribution in [2.24, 2.45) is 5.92 Å². The van der Waals surface area contributed by atoms with E-state index < -0.39 is 36.2 Å². The SMILES string of the molecule is COc1ccc(CN2CC[C@H]3[C@@H]4OC(C)(C)O[C@H]4c4cc5c(cc4N3C(=O)OC/C=C/CN(C(=O)c3ccc(Cl)cc3)[C@@H](C(C)C)C2=O)OCO5)cc1. The second kappa shape index (κ2) is 14.9. The first-order valence-corrected chi connectivity index (χ1v) is 18.2. The molecule has 3 aromatic carbocycles. The highest BCUT2D eigenvalue weighted by Crippen LogP contribution is 2.52. The number of amides is 3. The number of hydrogen-bond acceptors (Lipinski definition) is 9. The van der Waals surface area contributed by atoms with Crippen LogP contribution < -0.4 is 19.1 Å². The molecule has 0 saturated carbocycles. The maximum Gasteiger partial charge on any atom is 0.414 e. The molecule has 1 saturated heterocycles. The molecule has 1 fully saturated rings. The molecule has 0 radical (unpaired) electrons. The maximum absolute atomic E-state index is 15.0. The van der Waals surface area contributed by atoms with E-state index in [1.807, 2.05) is 58.0 Å². The van der Waals surface area contributed by atoms with Gasteiger partial charge in [0.2, 0.25) is 12.7 Å². The lowest BCUT2D eigenvalue weighted by Gasteiger charge is -2.43. The van der Waals surface area contributed by atoms with E-state index in [1.54, 1.807) is 64.3 Å². The van der Waals surface area contributed by atoms with Gasteiger partial charge in [-0.1, -0.05) is 43.7 Å². The highest BCUT2D eigenvalue weighted by Gasteiger charge is 2.54. The van der Waals surface area contributed by atoms with Crippen LogP contribution in [0, 0.1) is 5.92 Å². The Morgan fingerprint density at radius 3 is 2.38 bits per heavy atom. The molecule has 7 rings (SSSR count). The smallest absolute Gasteiger partial charge is 0.414 e. The molecule has 280 valence electrons. The van der Waals surface area contributed by atoms with Crippen molar-refractivity contribution in [3.63, 3.8) is 0 Å². The number of carbonyl (C=O) groups is 3. The van der Waals surface area contributed by atoms with Crippen LogP contribution in [0.15, 0.2) is 72.8 Å². The topological polar surface area (TPSA) is 116 Å². The highest BCUT2D eigenvalue weighted by molar-refractivity contribution is 6.30. The summed E-state index contributed by atoms with van der Waals surface area (Å²) in [4.78, 5) is 48.4. The van der Waals surface area contributed by atoms with Crippen molar-refractivity contribution in [3.8, 4) is 17.2 Å². The third kappa shape index (κ3) is 7.40. The first-order valence-electron chi connectivity index (χ1n) is 17.8. The van der Waals surface area contributed by atoms with Gasteiger partial charge >= 0.3 is 6.09 Å². The van der Waals surface area contributed by atoms with Crippen LogP contribution in [0.3, 0.4) is 0 Å². The van der Waals surface area contributed by atoms with E-state index in [2.05, 4.69) is 0 Å². The zero-order chi connectivity index (χ0) is 37.4. The van der Waals surface area contributed by atoms with Crippen molar-refractivity contribution >= 4 is 35.2 Å². The van der Waals surface area contributed by atoms with Gasteiger partial charge in [-0.05, 0) is 80.3 Å². The molecular weight excluding hydrogens is 702 g/mol. The van der Waals surface area contributed by atoms with Crippen LogP contribution in [0.5, 0.6) is 17.2 Å². The molecule has 0 N–H and O–H groups in total. The van der Waals surface area contributed by atoms with Crippen LogP contribution in [0.1, 0.15) is 61.7 Å². The number of rotatable bonds is 5. The van der Waals surface area contributed by atoms with E-state index in [9.17, 15) is 9.59 Å². The largest absolute Gasteiger partial charge is 0.497 e. The van der Waals surface area contributed by atoms with Gasteiger partial charge in [0, 0.05) is 41.9 Å². The van der Waals surface area contributed by atoms with Gasteiger partial charge in [0.15, 0.2) is 17.3 Å². The van der Waals surface area contributed by atoms with E-state index in [0.717, 1.165) is 11.1 Å². The zero-order valence-corrected chi connectivity index (χ0v) is 31.2. The zero-order valence-electron chi connectivity index (χ0n) is 30.5. The molecule has 3 amide bonds. The molecule has 0 unspecified atom stereocenters. The second-order valence-electron chi connectivity index (χ2n) is 14.3. The monoisotopic (exact) mass is 745 g/mol. The predicted octanol–water partition coefficient (Wildman–Crippen LogP) is 6.75. The van der Waals surface area contributed by atoms with Crippen LogP contribution in [0.2, 0.25) is 5.02 Å². The number of methoxy groups -OCH3 is 1. The number of ether oxygens (including phenoxy) is 6. The molecule has 0 aromatic heterocycles. The third-order valence-electron chi connectivity index (χ3n) is 10.0. The van der Waals surface area contributed by atoms with Gasteiger partial charge in [0.25, 0.3) is 5.91 Å². The van der Waals surface area contributed by atoms with Crippen LogP contribution in [-0.2, 0) is 25.5 Å². The van der Waals surface area contributed by atoms with Gasteiger partial charge in [-0.15, -0.1) is 0 Å². The maximum atomic E-state index is 15.0. The van der Waals surface area contributed by atoms with Crippen molar-refractivity contribution in [1.29, 1.82) is 0 Å². The molecule has 4 aliphatic heterocycles. The van der Waals surface area contributed by atoms with Crippen molar-refractivity contribution in [1.82, 2.24) is 9.80 Å². The van der Waals surface area contributed by atoms with Crippen molar-refractivity contribution in [2.75, 3.05) is 38.5 Å². The van der Waals surface area contributed by atoms with Gasteiger partial charge in [0.05, 0.1) is 18.8 Å². The van der Waals surface area contributed by atoms with E-state index >= 15 is 4.79 Å². The number of benzene rings is 3. The van der Waals surface area contributed by atoms with Crippen LogP contribution in [-0.4, -0.2) is 85.3 Å². The van der Waals surface area contributed by atoms with Crippen molar-refractivity contribution < 1.29 is 42.8 Å². The number of fused-ring (bicyclic) bond motifs is 7. The predicted molar refractivity (Wildman–Crippen MR) is 196 cm³/mol. The Kier molecular flexibility index (Phi) is 10.3. The van der Waals surface area contributed by atoms with E-state index in [1.165, 1.54) is 0 Å². The number of hydrogen-bond donors (Lipinski definition) is 0. The minimum atomic E-state index is -0.964. The molecule has 3 aromatic rings. The molecule has 0 aliphatic carbocycles. The van der Waals surface area contributed by atoms with E-state index in [4.69, 9.17) is 40.0 Å². The fourth-order valence-electron chi connectivity index (χ4n) is 7.55. The van der Waals surface area contributed by atoms with Crippen molar-refractivity contribution in [2.45, 2.75) is 70.7 Å². The molecule has 12 nitrogen and oxygen atoms in total. The first-order chi connectivity index (χ1) is 25.4. The Morgan fingerprint density at radius 1 is 0.962 bits per heavy atom. The van der Waals surface area contributed by atoms with E-state index in [0.29, 0.717) is 39.9 Å². The number of cyclic esters (lactones) is 1. The van der Waals surface area contributed by atoms with Crippen LogP contribution in [0.4, 0.5) is 10.5 Å². The summed E-state index contributed by atoms with van der Waals surface area (Å²) >= 11 is 6.15. The average molecular weight is 746 g/mol. The lowest BCUT2D eigenvalue weighted by molar-refractivity contribution is -0.148. The average Bonchev–Trinajstić information content (AvgIpc) is 3.73. The van der Waals surface area contributed by atoms with Crippen LogP contribution in [0.25, 0.3) is 0 Å². The number of halogens is 1. The van der Waals surface area contributed by atoms with Gasteiger partial charge in [-0.2, -0.15) is 0 Å². The number of anilines is 1. The number of carbonyl (C=O) groups excluding carboxylic acids is 3. The van der Waals surface area contributed by atoms with Gasteiger partial charge in [0.1, 0.15) is 30.6 Å². The Bertz CT molecular complexity index is 1880. The molecule has 4 aliphatic rings. The molecule has 13 heteroatoms. The lowest BCUT2D eigenvalue weighted by atomic mass is 9.88. The van der Waals surface area contributed by atoms with E-state index in [-0.39, 0.29) is 50.8 Å². The Labute approximate surface area is 314 Å². The summed E-state index contributed by atoms with van der Waals surface area (Å²) < 4.78 is 35.7. The Morgan fingerprint density at radius 2 is 1.68 bits per heavy atom. The third-order valence-corrected chi connectivity index (χ3v) is 10.3. The normalized spacial score (nSPS) is 24.5. The molecular formula is C40H44ClN3O9. The summed E-state index contributed by atoms with van der Waals surface area (Å²) in [5, 5.41) is 0.498. The molecule has 53 heavy (non-hydrogen) atoms. The summed E-state index contributed by atoms with van der Waals surface area (Å²) in [5.41, 5.74) is 2.56. The Balaban J connectivity index is 1.31. The summed E-state index contributed by atoms with van der Waals surface area (Å²) in [7, 11) is 1.60.